The molecule has 6 nitrogen and oxygen atoms in total. The van der Waals surface area contributed by atoms with E-state index in [9.17, 15) is 14.4 Å². The lowest BCUT2D eigenvalue weighted by Crippen LogP contribution is -2.27. The maximum absolute atomic E-state index is 11.7. The summed E-state index contributed by atoms with van der Waals surface area (Å²) in [4.78, 5) is 34.2. The Hall–Kier alpha value is -2.63. The second kappa shape index (κ2) is 9.61. The van der Waals surface area contributed by atoms with Crippen molar-refractivity contribution in [1.29, 1.82) is 0 Å². The van der Waals surface area contributed by atoms with Crippen molar-refractivity contribution >= 4 is 24.0 Å². The summed E-state index contributed by atoms with van der Waals surface area (Å²) < 4.78 is 15.0. The van der Waals surface area contributed by atoms with E-state index in [2.05, 4.69) is 0 Å². The molecular weight excluding hydrogens is 324 g/mol. The van der Waals surface area contributed by atoms with Gasteiger partial charge in [-0.1, -0.05) is 19.1 Å². The van der Waals surface area contributed by atoms with Crippen LogP contribution in [0.3, 0.4) is 0 Å². The van der Waals surface area contributed by atoms with Crippen LogP contribution in [0.15, 0.2) is 30.3 Å². The summed E-state index contributed by atoms with van der Waals surface area (Å²) in [7, 11) is 0. The summed E-state index contributed by atoms with van der Waals surface area (Å²) in [5.74, 6) is -0.803. The third-order valence-electron chi connectivity index (χ3n) is 3.55. The van der Waals surface area contributed by atoms with Gasteiger partial charge in [0.05, 0.1) is 5.41 Å². The fraction of sp³-hybridized carbons (Fsp3) is 0.421. The van der Waals surface area contributed by atoms with Crippen LogP contribution in [0, 0.1) is 5.41 Å². The molecule has 0 saturated heterocycles. The SMILES string of the molecule is CCC(C)(C)C(=O)OCCOC(=O)/C=C/c1ccc(OC(C)=O)cc1. The van der Waals surface area contributed by atoms with Crippen LogP contribution in [-0.4, -0.2) is 31.1 Å². The molecule has 0 amide bonds. The summed E-state index contributed by atoms with van der Waals surface area (Å²) >= 11 is 0. The Balaban J connectivity index is 2.35. The first kappa shape index (κ1) is 20.4. The highest BCUT2D eigenvalue weighted by molar-refractivity contribution is 5.87. The molecule has 1 aromatic rings. The largest absolute Gasteiger partial charge is 0.462 e. The molecule has 25 heavy (non-hydrogen) atoms. The van der Waals surface area contributed by atoms with Crippen LogP contribution in [0.2, 0.25) is 0 Å². The number of esters is 3. The second-order valence-corrected chi connectivity index (χ2v) is 6.04. The van der Waals surface area contributed by atoms with Crippen LogP contribution < -0.4 is 4.74 Å². The zero-order valence-electron chi connectivity index (χ0n) is 15.0. The molecular formula is C19H24O6. The van der Waals surface area contributed by atoms with Crippen molar-refractivity contribution in [2.75, 3.05) is 13.2 Å². The van der Waals surface area contributed by atoms with Gasteiger partial charge in [0, 0.05) is 13.0 Å². The van der Waals surface area contributed by atoms with Crippen LogP contribution in [0.1, 0.15) is 39.7 Å². The normalized spacial score (nSPS) is 11.2. The van der Waals surface area contributed by atoms with Gasteiger partial charge >= 0.3 is 17.9 Å². The first-order chi connectivity index (χ1) is 11.7. The van der Waals surface area contributed by atoms with Gasteiger partial charge in [-0.2, -0.15) is 0 Å². The first-order valence-corrected chi connectivity index (χ1v) is 8.05. The van der Waals surface area contributed by atoms with Gasteiger partial charge in [0.15, 0.2) is 0 Å². The van der Waals surface area contributed by atoms with Gasteiger partial charge < -0.3 is 14.2 Å². The molecule has 1 aromatic carbocycles. The molecule has 0 saturated carbocycles. The molecule has 0 spiro atoms. The van der Waals surface area contributed by atoms with Crippen molar-refractivity contribution in [2.45, 2.75) is 34.1 Å². The van der Waals surface area contributed by atoms with E-state index in [1.54, 1.807) is 44.2 Å². The summed E-state index contributed by atoms with van der Waals surface area (Å²) in [5.41, 5.74) is 0.214. The van der Waals surface area contributed by atoms with E-state index in [0.29, 0.717) is 12.2 Å². The van der Waals surface area contributed by atoms with Gasteiger partial charge in [-0.05, 0) is 44.0 Å². The van der Waals surface area contributed by atoms with Gasteiger partial charge in [-0.3, -0.25) is 9.59 Å². The number of ether oxygens (including phenoxy) is 3. The van der Waals surface area contributed by atoms with Crippen LogP contribution >= 0.6 is 0 Å². The monoisotopic (exact) mass is 348 g/mol. The Morgan fingerprint density at radius 2 is 1.64 bits per heavy atom. The molecule has 0 aliphatic heterocycles. The number of carbonyl (C=O) groups excluding carboxylic acids is 3. The molecule has 0 aliphatic carbocycles. The lowest BCUT2D eigenvalue weighted by molar-refractivity contribution is -0.157. The van der Waals surface area contributed by atoms with Gasteiger partial charge in [-0.15, -0.1) is 0 Å². The summed E-state index contributed by atoms with van der Waals surface area (Å²) in [6.07, 6.45) is 3.52. The summed E-state index contributed by atoms with van der Waals surface area (Å²) in [5, 5.41) is 0. The Bertz CT molecular complexity index is 628. The van der Waals surface area contributed by atoms with Gasteiger partial charge in [-0.25, -0.2) is 4.79 Å². The molecule has 6 heteroatoms. The Morgan fingerprint density at radius 1 is 1.04 bits per heavy atom. The topological polar surface area (TPSA) is 78.9 Å². The van der Waals surface area contributed by atoms with Crippen molar-refractivity contribution in [1.82, 2.24) is 0 Å². The number of rotatable bonds is 8. The molecule has 0 unspecified atom stereocenters. The minimum atomic E-state index is -0.540. The quantitative estimate of drug-likeness (QED) is 0.311. The van der Waals surface area contributed by atoms with E-state index in [-0.39, 0.29) is 19.2 Å². The van der Waals surface area contributed by atoms with Crippen LogP contribution in [0.5, 0.6) is 5.75 Å². The van der Waals surface area contributed by atoms with Crippen molar-refractivity contribution in [3.05, 3.63) is 35.9 Å². The third-order valence-corrected chi connectivity index (χ3v) is 3.55. The summed E-state index contributed by atoms with van der Waals surface area (Å²) in [6, 6.07) is 6.66. The van der Waals surface area contributed by atoms with Crippen LogP contribution in [-0.2, 0) is 23.9 Å². The third kappa shape index (κ3) is 7.65. The molecule has 1 rings (SSSR count). The van der Waals surface area contributed by atoms with Crippen molar-refractivity contribution in [3.63, 3.8) is 0 Å². The smallest absolute Gasteiger partial charge is 0.330 e. The highest BCUT2D eigenvalue weighted by Crippen LogP contribution is 2.21. The lowest BCUT2D eigenvalue weighted by Gasteiger charge is -2.20. The number of benzene rings is 1. The van der Waals surface area contributed by atoms with Crippen molar-refractivity contribution in [2.24, 2.45) is 5.41 Å². The van der Waals surface area contributed by atoms with Crippen molar-refractivity contribution < 1.29 is 28.6 Å². The van der Waals surface area contributed by atoms with E-state index < -0.39 is 17.4 Å². The fourth-order valence-electron chi connectivity index (χ4n) is 1.64. The average molecular weight is 348 g/mol. The van der Waals surface area contributed by atoms with Crippen LogP contribution in [0.4, 0.5) is 0 Å². The number of carbonyl (C=O) groups is 3. The summed E-state index contributed by atoms with van der Waals surface area (Å²) in [6.45, 7) is 6.86. The van der Waals surface area contributed by atoms with E-state index in [4.69, 9.17) is 14.2 Å². The van der Waals surface area contributed by atoms with Crippen molar-refractivity contribution in [3.8, 4) is 5.75 Å². The molecule has 0 atom stereocenters. The zero-order valence-corrected chi connectivity index (χ0v) is 15.0. The molecule has 0 heterocycles. The van der Waals surface area contributed by atoms with Gasteiger partial charge in [0.1, 0.15) is 19.0 Å². The first-order valence-electron chi connectivity index (χ1n) is 8.05. The van der Waals surface area contributed by atoms with Gasteiger partial charge in [0.25, 0.3) is 0 Å². The van der Waals surface area contributed by atoms with Crippen LogP contribution in [0.25, 0.3) is 6.08 Å². The molecule has 136 valence electrons. The minimum absolute atomic E-state index is 0.0000962. The highest BCUT2D eigenvalue weighted by atomic mass is 16.6. The number of hydrogen-bond donors (Lipinski definition) is 0. The molecule has 0 N–H and O–H groups in total. The van der Waals surface area contributed by atoms with Gasteiger partial charge in [0.2, 0.25) is 0 Å². The molecule has 0 radical (unpaired) electrons. The predicted octanol–water partition coefficient (Wildman–Crippen LogP) is 3.15. The predicted molar refractivity (Wildman–Crippen MR) is 92.8 cm³/mol. The average Bonchev–Trinajstić information content (AvgIpc) is 2.57. The lowest BCUT2D eigenvalue weighted by atomic mass is 9.91. The Labute approximate surface area is 147 Å². The second-order valence-electron chi connectivity index (χ2n) is 6.04. The maximum Gasteiger partial charge on any atom is 0.330 e. The Morgan fingerprint density at radius 3 is 2.20 bits per heavy atom. The zero-order chi connectivity index (χ0) is 18.9. The molecule has 0 aliphatic rings. The Kier molecular flexibility index (Phi) is 7.85. The van der Waals surface area contributed by atoms with E-state index >= 15 is 0 Å². The fourth-order valence-corrected chi connectivity index (χ4v) is 1.64. The standard InChI is InChI=1S/C19H24O6/c1-5-19(3,4)18(22)24-13-12-23-17(21)11-8-15-6-9-16(10-7-15)25-14(2)20/h6-11H,5,12-13H2,1-4H3/b11-8+. The highest BCUT2D eigenvalue weighted by Gasteiger charge is 2.26. The molecule has 0 fully saturated rings. The minimum Gasteiger partial charge on any atom is -0.462 e. The molecule has 0 aromatic heterocycles. The maximum atomic E-state index is 11.7. The molecule has 0 bridgehead atoms. The van der Waals surface area contributed by atoms with E-state index in [1.807, 2.05) is 6.92 Å². The van der Waals surface area contributed by atoms with E-state index in [0.717, 1.165) is 5.56 Å². The van der Waals surface area contributed by atoms with E-state index in [1.165, 1.54) is 13.0 Å². The number of hydrogen-bond acceptors (Lipinski definition) is 6.